The molecule has 2 atom stereocenters. The van der Waals surface area contributed by atoms with Crippen LogP contribution in [0.2, 0.25) is 0 Å². The molecular weight excluding hydrogens is 226 g/mol. The van der Waals surface area contributed by atoms with Gasteiger partial charge in [-0.15, -0.1) is 11.8 Å². The molecule has 1 amide bonds. The Hall–Kier alpha value is -0.970. The first-order valence-corrected chi connectivity index (χ1v) is 6.52. The lowest BCUT2D eigenvalue weighted by atomic mass is 9.85. The number of carboxylic acid groups (broad SMARTS) is 1. The van der Waals surface area contributed by atoms with Gasteiger partial charge in [-0.1, -0.05) is 13.8 Å². The number of hydrogen-bond donors (Lipinski definition) is 1. The number of rotatable bonds is 4. The van der Waals surface area contributed by atoms with Crippen LogP contribution in [-0.4, -0.2) is 33.7 Å². The Kier molecular flexibility index (Phi) is 2.97. The van der Waals surface area contributed by atoms with Crippen LogP contribution in [0, 0.1) is 5.92 Å². The van der Waals surface area contributed by atoms with Gasteiger partial charge in [-0.25, -0.2) is 4.79 Å². The Bertz CT molecular complexity index is 377. The van der Waals surface area contributed by atoms with E-state index in [1.54, 1.807) is 11.8 Å². The second kappa shape index (κ2) is 4.13. The lowest BCUT2D eigenvalue weighted by Crippen LogP contribution is -2.58. The van der Waals surface area contributed by atoms with Gasteiger partial charge in [0.05, 0.1) is 12.0 Å². The molecule has 0 aromatic heterocycles. The summed E-state index contributed by atoms with van der Waals surface area (Å²) < 4.78 is 0. The summed E-state index contributed by atoms with van der Waals surface area (Å²) in [5, 5.41) is 9.14. The lowest BCUT2D eigenvalue weighted by molar-refractivity contribution is -0.155. The summed E-state index contributed by atoms with van der Waals surface area (Å²) >= 11 is 1.54. The van der Waals surface area contributed by atoms with Crippen LogP contribution in [0.1, 0.15) is 26.7 Å². The summed E-state index contributed by atoms with van der Waals surface area (Å²) in [6, 6.07) is 0.109. The molecule has 4 nitrogen and oxygen atoms in total. The van der Waals surface area contributed by atoms with E-state index in [1.807, 2.05) is 13.8 Å². The Balaban J connectivity index is 2.26. The maximum absolute atomic E-state index is 11.8. The highest BCUT2D eigenvalue weighted by atomic mass is 32.2. The van der Waals surface area contributed by atoms with E-state index in [4.69, 9.17) is 5.11 Å². The minimum atomic E-state index is -0.971. The molecule has 16 heavy (non-hydrogen) atoms. The second-order valence-electron chi connectivity index (χ2n) is 4.00. The third kappa shape index (κ3) is 1.45. The molecule has 0 bridgehead atoms. The SMILES string of the molecule is CCSC1=C(C(=O)O)N2C(=O)[C@@H](CC)C2C1. The Morgan fingerprint density at radius 3 is 2.75 bits per heavy atom. The highest BCUT2D eigenvalue weighted by Crippen LogP contribution is 2.46. The third-order valence-electron chi connectivity index (χ3n) is 3.21. The molecule has 5 heteroatoms. The Labute approximate surface area is 98.7 Å². The summed E-state index contributed by atoms with van der Waals surface area (Å²) in [6.07, 6.45) is 1.53. The summed E-state index contributed by atoms with van der Waals surface area (Å²) in [5.74, 6) is -0.111. The van der Waals surface area contributed by atoms with Crippen molar-refractivity contribution in [1.29, 1.82) is 0 Å². The summed E-state index contributed by atoms with van der Waals surface area (Å²) in [4.78, 5) is 25.3. The van der Waals surface area contributed by atoms with Crippen molar-refractivity contribution < 1.29 is 14.7 Å². The first kappa shape index (κ1) is 11.5. The number of aliphatic carboxylic acids is 1. The van der Waals surface area contributed by atoms with Gasteiger partial charge in [-0.2, -0.15) is 0 Å². The standard InChI is InChI=1S/C11H15NO3S/c1-3-6-7-5-8(16-4-2)9(11(14)15)12(7)10(6)13/h6-7H,3-5H2,1-2H3,(H,14,15)/t6-,7?/m0/s1. The van der Waals surface area contributed by atoms with Gasteiger partial charge in [0.15, 0.2) is 0 Å². The van der Waals surface area contributed by atoms with E-state index in [-0.39, 0.29) is 23.6 Å². The van der Waals surface area contributed by atoms with Crippen molar-refractivity contribution in [3.8, 4) is 0 Å². The average Bonchev–Trinajstić information content (AvgIpc) is 2.55. The molecule has 0 aliphatic carbocycles. The molecule has 0 aromatic carbocycles. The van der Waals surface area contributed by atoms with E-state index in [9.17, 15) is 9.59 Å². The van der Waals surface area contributed by atoms with Crippen molar-refractivity contribution in [2.75, 3.05) is 5.75 Å². The number of nitrogens with zero attached hydrogens (tertiary/aromatic N) is 1. The van der Waals surface area contributed by atoms with Gasteiger partial charge in [0.2, 0.25) is 5.91 Å². The molecule has 0 aromatic rings. The molecule has 1 N–H and O–H groups in total. The number of hydrogen-bond acceptors (Lipinski definition) is 3. The van der Waals surface area contributed by atoms with Crippen LogP contribution in [0.5, 0.6) is 0 Å². The van der Waals surface area contributed by atoms with E-state index in [0.717, 1.165) is 23.5 Å². The van der Waals surface area contributed by atoms with Crippen LogP contribution < -0.4 is 0 Å². The van der Waals surface area contributed by atoms with Crippen molar-refractivity contribution in [3.05, 3.63) is 10.6 Å². The molecule has 0 spiro atoms. The van der Waals surface area contributed by atoms with Gasteiger partial charge < -0.3 is 10.0 Å². The molecule has 2 aliphatic heterocycles. The molecule has 88 valence electrons. The van der Waals surface area contributed by atoms with Crippen molar-refractivity contribution in [2.24, 2.45) is 5.92 Å². The van der Waals surface area contributed by atoms with E-state index in [1.165, 1.54) is 4.90 Å². The summed E-state index contributed by atoms with van der Waals surface area (Å²) in [6.45, 7) is 3.97. The van der Waals surface area contributed by atoms with Crippen LogP contribution in [-0.2, 0) is 9.59 Å². The van der Waals surface area contributed by atoms with Crippen LogP contribution >= 0.6 is 11.8 Å². The molecule has 1 unspecified atom stereocenters. The van der Waals surface area contributed by atoms with Gasteiger partial charge in [0, 0.05) is 11.3 Å². The van der Waals surface area contributed by atoms with Crippen LogP contribution in [0.25, 0.3) is 0 Å². The molecule has 2 heterocycles. The van der Waals surface area contributed by atoms with Crippen LogP contribution in [0.3, 0.4) is 0 Å². The highest BCUT2D eigenvalue weighted by molar-refractivity contribution is 8.03. The number of carbonyl (C=O) groups is 2. The normalized spacial score (nSPS) is 28.1. The number of amides is 1. The van der Waals surface area contributed by atoms with Gasteiger partial charge >= 0.3 is 5.97 Å². The third-order valence-corrected chi connectivity index (χ3v) is 4.21. The molecule has 2 rings (SSSR count). The maximum atomic E-state index is 11.8. The first-order valence-electron chi connectivity index (χ1n) is 5.54. The van der Waals surface area contributed by atoms with E-state index in [2.05, 4.69) is 0 Å². The predicted molar refractivity (Wildman–Crippen MR) is 61.8 cm³/mol. The number of β-lactam (4-membered cyclic amide) rings is 1. The van der Waals surface area contributed by atoms with Crippen LogP contribution in [0.15, 0.2) is 10.6 Å². The minimum absolute atomic E-state index is 0.0170. The molecule has 0 saturated carbocycles. The van der Waals surface area contributed by atoms with E-state index in [0.29, 0.717) is 0 Å². The number of fused-ring (bicyclic) bond motifs is 1. The maximum Gasteiger partial charge on any atom is 0.353 e. The number of thioether (sulfide) groups is 1. The van der Waals surface area contributed by atoms with E-state index < -0.39 is 5.97 Å². The monoisotopic (exact) mass is 241 g/mol. The molecule has 1 fully saturated rings. The molecule has 2 aliphatic rings. The fourth-order valence-electron chi connectivity index (χ4n) is 2.51. The average molecular weight is 241 g/mol. The van der Waals surface area contributed by atoms with Gasteiger partial charge in [0.1, 0.15) is 5.70 Å². The topological polar surface area (TPSA) is 57.6 Å². The highest BCUT2D eigenvalue weighted by Gasteiger charge is 2.53. The Morgan fingerprint density at radius 1 is 1.56 bits per heavy atom. The number of carboxylic acids is 1. The smallest absolute Gasteiger partial charge is 0.353 e. The zero-order chi connectivity index (χ0) is 11.9. The summed E-state index contributed by atoms with van der Waals surface area (Å²) in [5.41, 5.74) is 0.228. The van der Waals surface area contributed by atoms with Crippen molar-refractivity contribution in [2.45, 2.75) is 32.7 Å². The molecule has 0 radical (unpaired) electrons. The van der Waals surface area contributed by atoms with Crippen LogP contribution in [0.4, 0.5) is 0 Å². The lowest BCUT2D eigenvalue weighted by Gasteiger charge is -2.42. The van der Waals surface area contributed by atoms with Gasteiger partial charge in [-0.05, 0) is 12.2 Å². The fraction of sp³-hybridized carbons (Fsp3) is 0.636. The summed E-state index contributed by atoms with van der Waals surface area (Å²) in [7, 11) is 0. The largest absolute Gasteiger partial charge is 0.477 e. The second-order valence-corrected chi connectivity index (χ2v) is 5.36. The quantitative estimate of drug-likeness (QED) is 0.761. The predicted octanol–water partition coefficient (Wildman–Crippen LogP) is 1.68. The van der Waals surface area contributed by atoms with Crippen molar-refractivity contribution >= 4 is 23.6 Å². The molecular formula is C11H15NO3S. The van der Waals surface area contributed by atoms with Crippen molar-refractivity contribution in [3.63, 3.8) is 0 Å². The van der Waals surface area contributed by atoms with Gasteiger partial charge in [0.25, 0.3) is 0 Å². The zero-order valence-electron chi connectivity index (χ0n) is 9.40. The van der Waals surface area contributed by atoms with Crippen molar-refractivity contribution in [1.82, 2.24) is 4.90 Å². The number of carbonyl (C=O) groups excluding carboxylic acids is 1. The zero-order valence-corrected chi connectivity index (χ0v) is 10.2. The fourth-order valence-corrected chi connectivity index (χ4v) is 3.46. The van der Waals surface area contributed by atoms with Gasteiger partial charge in [-0.3, -0.25) is 4.79 Å². The molecule has 1 saturated heterocycles. The first-order chi connectivity index (χ1) is 7.61. The Morgan fingerprint density at radius 2 is 2.25 bits per heavy atom. The minimum Gasteiger partial charge on any atom is -0.477 e. The van der Waals surface area contributed by atoms with E-state index >= 15 is 0 Å².